The molecule has 4 rings (SSSR count). The van der Waals surface area contributed by atoms with Crippen LogP contribution in [0, 0.1) is 17.8 Å². The molecule has 27 heavy (non-hydrogen) atoms. The second-order valence-electron chi connectivity index (χ2n) is 8.52. The van der Waals surface area contributed by atoms with Crippen LogP contribution in [0.4, 0.5) is 22.0 Å². The molecule has 3 atom stereocenters. The van der Waals surface area contributed by atoms with Crippen LogP contribution in [-0.4, -0.2) is 35.2 Å². The Kier molecular flexibility index (Phi) is 4.75. The standard InChI is InChI=1S/C18H23F5O4/c1-3-10(2)13(24)26-15-5-11-4-12(6-15)8-16(7-11,9-15)27-14(25)17(19,20)18(21,22)23/h10-12H,3-9H2,1-2H3. The number of esters is 2. The lowest BCUT2D eigenvalue weighted by Gasteiger charge is -2.60. The summed E-state index contributed by atoms with van der Waals surface area (Å²) in [7, 11) is 0. The van der Waals surface area contributed by atoms with E-state index in [4.69, 9.17) is 9.47 Å². The number of carbonyl (C=O) groups excluding carboxylic acids is 2. The molecule has 0 amide bonds. The van der Waals surface area contributed by atoms with Crippen LogP contribution in [-0.2, 0) is 19.1 Å². The van der Waals surface area contributed by atoms with Gasteiger partial charge < -0.3 is 9.47 Å². The van der Waals surface area contributed by atoms with Gasteiger partial charge in [-0.3, -0.25) is 4.79 Å². The summed E-state index contributed by atoms with van der Waals surface area (Å²) in [5.41, 5.74) is -2.37. The molecule has 0 radical (unpaired) electrons. The SMILES string of the molecule is CCC(C)C(=O)OC12CC3CC(C1)CC(OC(=O)C(F)(F)C(F)(F)F)(C3)C2. The van der Waals surface area contributed by atoms with Crippen LogP contribution in [0.3, 0.4) is 0 Å². The first-order chi connectivity index (χ1) is 12.3. The predicted molar refractivity (Wildman–Crippen MR) is 82.8 cm³/mol. The number of alkyl halides is 5. The highest BCUT2D eigenvalue weighted by Crippen LogP contribution is 2.60. The van der Waals surface area contributed by atoms with E-state index in [2.05, 4.69) is 0 Å². The molecule has 4 bridgehead atoms. The van der Waals surface area contributed by atoms with Crippen LogP contribution in [0.5, 0.6) is 0 Å². The van der Waals surface area contributed by atoms with E-state index in [9.17, 15) is 31.5 Å². The Morgan fingerprint density at radius 3 is 1.93 bits per heavy atom. The van der Waals surface area contributed by atoms with Gasteiger partial charge in [0.1, 0.15) is 11.2 Å². The summed E-state index contributed by atoms with van der Waals surface area (Å²) >= 11 is 0. The zero-order chi connectivity index (χ0) is 20.3. The molecule has 4 fully saturated rings. The Hall–Kier alpha value is -1.41. The third-order valence-electron chi connectivity index (χ3n) is 6.21. The molecule has 0 aromatic rings. The maximum atomic E-state index is 13.4. The number of rotatable bonds is 5. The van der Waals surface area contributed by atoms with Gasteiger partial charge in [-0.25, -0.2) is 4.79 Å². The Labute approximate surface area is 153 Å². The van der Waals surface area contributed by atoms with Crippen LogP contribution >= 0.6 is 0 Å². The Morgan fingerprint density at radius 2 is 1.48 bits per heavy atom. The minimum Gasteiger partial charge on any atom is -0.459 e. The number of carbonyl (C=O) groups is 2. The Morgan fingerprint density at radius 1 is 1.00 bits per heavy atom. The quantitative estimate of drug-likeness (QED) is 0.509. The molecule has 4 saturated carbocycles. The van der Waals surface area contributed by atoms with Crippen LogP contribution in [0.2, 0.25) is 0 Å². The molecule has 4 aliphatic rings. The van der Waals surface area contributed by atoms with Gasteiger partial charge in [0, 0.05) is 6.42 Å². The summed E-state index contributed by atoms with van der Waals surface area (Å²) in [5.74, 6) is -8.93. The molecule has 0 heterocycles. The van der Waals surface area contributed by atoms with Crippen molar-refractivity contribution in [2.75, 3.05) is 0 Å². The maximum Gasteiger partial charge on any atom is 0.465 e. The molecule has 0 saturated heterocycles. The van der Waals surface area contributed by atoms with Crippen molar-refractivity contribution in [3.05, 3.63) is 0 Å². The molecule has 154 valence electrons. The minimum atomic E-state index is -6.01. The fourth-order valence-electron chi connectivity index (χ4n) is 5.19. The summed E-state index contributed by atoms with van der Waals surface area (Å²) in [5, 5.41) is 0. The van der Waals surface area contributed by atoms with E-state index in [0.29, 0.717) is 19.3 Å². The van der Waals surface area contributed by atoms with Crippen LogP contribution in [0.15, 0.2) is 0 Å². The maximum absolute atomic E-state index is 13.4. The molecule has 0 aliphatic heterocycles. The van der Waals surface area contributed by atoms with E-state index in [1.54, 1.807) is 6.92 Å². The van der Waals surface area contributed by atoms with Gasteiger partial charge in [-0.15, -0.1) is 0 Å². The zero-order valence-electron chi connectivity index (χ0n) is 15.2. The third kappa shape index (κ3) is 3.53. The zero-order valence-corrected chi connectivity index (χ0v) is 15.2. The molecule has 0 spiro atoms. The van der Waals surface area contributed by atoms with Crippen LogP contribution in [0.1, 0.15) is 58.8 Å². The van der Waals surface area contributed by atoms with E-state index in [0.717, 1.165) is 6.42 Å². The van der Waals surface area contributed by atoms with E-state index in [1.807, 2.05) is 6.92 Å². The van der Waals surface area contributed by atoms with Gasteiger partial charge in [0.05, 0.1) is 5.92 Å². The van der Waals surface area contributed by atoms with E-state index >= 15 is 0 Å². The van der Waals surface area contributed by atoms with Crippen molar-refractivity contribution in [3.8, 4) is 0 Å². The monoisotopic (exact) mass is 398 g/mol. The summed E-state index contributed by atoms with van der Waals surface area (Å²) in [4.78, 5) is 24.0. The average molecular weight is 398 g/mol. The molecular formula is C18H23F5O4. The van der Waals surface area contributed by atoms with Crippen molar-refractivity contribution in [1.82, 2.24) is 0 Å². The van der Waals surface area contributed by atoms with E-state index < -0.39 is 35.2 Å². The first-order valence-electron chi connectivity index (χ1n) is 9.22. The normalized spacial score (nSPS) is 36.4. The highest BCUT2D eigenvalue weighted by Gasteiger charge is 2.68. The van der Waals surface area contributed by atoms with Crippen molar-refractivity contribution in [3.63, 3.8) is 0 Å². The fourth-order valence-corrected chi connectivity index (χ4v) is 5.19. The Bertz CT molecular complexity index is 616. The number of hydrogen-bond donors (Lipinski definition) is 0. The highest BCUT2D eigenvalue weighted by molar-refractivity contribution is 5.79. The van der Waals surface area contributed by atoms with Crippen molar-refractivity contribution < 1.29 is 41.0 Å². The summed E-state index contributed by atoms with van der Waals surface area (Å²) in [6, 6.07) is 0. The molecule has 9 heteroatoms. The smallest absolute Gasteiger partial charge is 0.459 e. The molecule has 4 aliphatic carbocycles. The second-order valence-corrected chi connectivity index (χ2v) is 8.52. The highest BCUT2D eigenvalue weighted by atomic mass is 19.4. The van der Waals surface area contributed by atoms with Crippen molar-refractivity contribution in [1.29, 1.82) is 0 Å². The number of ether oxygens (including phenoxy) is 2. The molecular weight excluding hydrogens is 375 g/mol. The lowest BCUT2D eigenvalue weighted by Crippen LogP contribution is -2.63. The lowest BCUT2D eigenvalue weighted by atomic mass is 9.52. The first kappa shape index (κ1) is 20.3. The topological polar surface area (TPSA) is 52.6 Å². The fraction of sp³-hybridized carbons (Fsp3) is 0.889. The van der Waals surface area contributed by atoms with Gasteiger partial charge in [0.25, 0.3) is 0 Å². The van der Waals surface area contributed by atoms with Gasteiger partial charge in [-0.2, -0.15) is 22.0 Å². The van der Waals surface area contributed by atoms with E-state index in [-0.39, 0.29) is 37.0 Å². The summed E-state index contributed by atoms with van der Waals surface area (Å²) in [6.07, 6.45) is -3.17. The Balaban J connectivity index is 1.81. The molecule has 3 unspecified atom stereocenters. The molecule has 0 N–H and O–H groups in total. The van der Waals surface area contributed by atoms with Crippen molar-refractivity contribution in [2.45, 2.75) is 82.1 Å². The van der Waals surface area contributed by atoms with Crippen LogP contribution < -0.4 is 0 Å². The van der Waals surface area contributed by atoms with Gasteiger partial charge >= 0.3 is 24.0 Å². The van der Waals surface area contributed by atoms with Crippen LogP contribution in [0.25, 0.3) is 0 Å². The molecule has 4 nitrogen and oxygen atoms in total. The van der Waals surface area contributed by atoms with Gasteiger partial charge in [0.15, 0.2) is 0 Å². The first-order valence-corrected chi connectivity index (χ1v) is 9.22. The molecule has 0 aromatic carbocycles. The number of hydrogen-bond acceptors (Lipinski definition) is 4. The van der Waals surface area contributed by atoms with E-state index in [1.165, 1.54) is 0 Å². The predicted octanol–water partition coefficient (Wildman–Crippen LogP) is 4.41. The summed E-state index contributed by atoms with van der Waals surface area (Å²) in [6.45, 7) is 3.54. The van der Waals surface area contributed by atoms with Crippen molar-refractivity contribution >= 4 is 11.9 Å². The average Bonchev–Trinajstić information content (AvgIpc) is 2.50. The van der Waals surface area contributed by atoms with Gasteiger partial charge in [-0.1, -0.05) is 13.8 Å². The summed E-state index contributed by atoms with van der Waals surface area (Å²) < 4.78 is 74.8. The third-order valence-corrected chi connectivity index (χ3v) is 6.21. The molecule has 0 aromatic heterocycles. The minimum absolute atomic E-state index is 0.0190. The number of halogens is 5. The van der Waals surface area contributed by atoms with Gasteiger partial charge in [-0.05, 0) is 50.4 Å². The van der Waals surface area contributed by atoms with Crippen molar-refractivity contribution in [2.24, 2.45) is 17.8 Å². The lowest BCUT2D eigenvalue weighted by molar-refractivity contribution is -0.294. The largest absolute Gasteiger partial charge is 0.465 e. The van der Waals surface area contributed by atoms with Gasteiger partial charge in [0.2, 0.25) is 0 Å². The second kappa shape index (κ2) is 6.30.